The molecule has 1 aliphatic heterocycles. The highest BCUT2D eigenvalue weighted by Crippen LogP contribution is 2.17. The molecule has 1 aliphatic rings. The molecule has 0 spiro atoms. The van der Waals surface area contributed by atoms with Gasteiger partial charge in [0.1, 0.15) is 11.5 Å². The van der Waals surface area contributed by atoms with Gasteiger partial charge in [0.2, 0.25) is 0 Å². The van der Waals surface area contributed by atoms with Gasteiger partial charge in [-0.25, -0.2) is 4.79 Å². The number of amides is 2. The van der Waals surface area contributed by atoms with Crippen LogP contribution >= 0.6 is 0 Å². The molecule has 150 valence electrons. The van der Waals surface area contributed by atoms with Crippen LogP contribution in [0.2, 0.25) is 0 Å². The van der Waals surface area contributed by atoms with Crippen LogP contribution in [0.25, 0.3) is 0 Å². The minimum Gasteiger partial charge on any atom is -0.497 e. The first kappa shape index (κ1) is 20.0. The number of nitrogens with zero attached hydrogens (tertiary/aromatic N) is 2. The maximum atomic E-state index is 12.6. The third-order valence-electron chi connectivity index (χ3n) is 4.86. The van der Waals surface area contributed by atoms with Gasteiger partial charge in [-0.3, -0.25) is 4.90 Å². The second-order valence-electron chi connectivity index (χ2n) is 6.85. The van der Waals surface area contributed by atoms with Crippen molar-refractivity contribution < 1.29 is 14.3 Å². The Bertz CT molecular complexity index is 747. The van der Waals surface area contributed by atoms with Crippen molar-refractivity contribution in [3.8, 4) is 11.5 Å². The molecule has 6 nitrogen and oxygen atoms in total. The lowest BCUT2D eigenvalue weighted by Gasteiger charge is -2.22. The van der Waals surface area contributed by atoms with Crippen LogP contribution in [0.3, 0.4) is 0 Å². The highest BCUT2D eigenvalue weighted by molar-refractivity contribution is 5.89. The van der Waals surface area contributed by atoms with Crippen LogP contribution in [0, 0.1) is 0 Å². The fraction of sp³-hybridized carbons (Fsp3) is 0.409. The Balaban J connectivity index is 1.50. The van der Waals surface area contributed by atoms with Gasteiger partial charge in [0.05, 0.1) is 13.7 Å². The molecule has 1 N–H and O–H groups in total. The molecule has 6 heteroatoms. The Morgan fingerprint density at radius 1 is 0.964 bits per heavy atom. The van der Waals surface area contributed by atoms with E-state index in [0.29, 0.717) is 6.61 Å². The molecule has 1 fully saturated rings. The number of carbonyl (C=O) groups is 1. The topological polar surface area (TPSA) is 54.0 Å². The van der Waals surface area contributed by atoms with Gasteiger partial charge >= 0.3 is 6.03 Å². The molecule has 3 rings (SSSR count). The minimum absolute atomic E-state index is 0.0459. The smallest absolute Gasteiger partial charge is 0.321 e. The fourth-order valence-corrected chi connectivity index (χ4v) is 3.32. The Labute approximate surface area is 167 Å². The lowest BCUT2D eigenvalue weighted by molar-refractivity contribution is 0.211. The Morgan fingerprint density at radius 3 is 2.36 bits per heavy atom. The third kappa shape index (κ3) is 5.63. The van der Waals surface area contributed by atoms with Crippen LogP contribution < -0.4 is 14.8 Å². The molecule has 1 heterocycles. The Kier molecular flexibility index (Phi) is 7.14. The number of nitrogens with one attached hydrogen (secondary N) is 1. The lowest BCUT2D eigenvalue weighted by Crippen LogP contribution is -2.38. The number of carbonyl (C=O) groups excluding carboxylic acids is 1. The normalized spacial score (nSPS) is 15.0. The number of ether oxygens (including phenoxy) is 2. The molecular weight excluding hydrogens is 354 g/mol. The molecule has 28 heavy (non-hydrogen) atoms. The summed E-state index contributed by atoms with van der Waals surface area (Å²) in [5.41, 5.74) is 2.04. The lowest BCUT2D eigenvalue weighted by atomic mass is 10.2. The van der Waals surface area contributed by atoms with Crippen molar-refractivity contribution in [3.05, 3.63) is 54.1 Å². The van der Waals surface area contributed by atoms with Crippen LogP contribution in [0.1, 0.15) is 18.9 Å². The van der Waals surface area contributed by atoms with Gasteiger partial charge < -0.3 is 19.7 Å². The number of hydrogen-bond donors (Lipinski definition) is 1. The number of urea groups is 1. The maximum absolute atomic E-state index is 12.6. The average Bonchev–Trinajstić information content (AvgIpc) is 2.96. The van der Waals surface area contributed by atoms with Crippen LogP contribution in [-0.4, -0.2) is 55.7 Å². The number of benzene rings is 2. The zero-order chi connectivity index (χ0) is 19.8. The predicted octanol–water partition coefficient (Wildman–Crippen LogP) is 3.83. The van der Waals surface area contributed by atoms with Gasteiger partial charge in [0, 0.05) is 38.4 Å². The standard InChI is InChI=1S/C22H29N3O3/c1-3-28-21-11-7-19(8-12-21)23-22(26)25-14-4-13-24(15-16-25)17-18-5-9-20(27-2)10-6-18/h5-12H,3-4,13-17H2,1-2H3,(H,23,26). The summed E-state index contributed by atoms with van der Waals surface area (Å²) in [6.45, 7) is 6.81. The highest BCUT2D eigenvalue weighted by Gasteiger charge is 2.19. The summed E-state index contributed by atoms with van der Waals surface area (Å²) in [4.78, 5) is 16.9. The van der Waals surface area contributed by atoms with Gasteiger partial charge in [-0.05, 0) is 55.3 Å². The summed E-state index contributed by atoms with van der Waals surface area (Å²) >= 11 is 0. The second kappa shape index (κ2) is 9.99. The van der Waals surface area contributed by atoms with E-state index in [4.69, 9.17) is 9.47 Å². The van der Waals surface area contributed by atoms with Crippen molar-refractivity contribution in [3.63, 3.8) is 0 Å². The number of hydrogen-bond acceptors (Lipinski definition) is 4. The summed E-state index contributed by atoms with van der Waals surface area (Å²) in [6.07, 6.45) is 0.965. The van der Waals surface area contributed by atoms with Crippen molar-refractivity contribution in [1.82, 2.24) is 9.80 Å². The first-order valence-electron chi connectivity index (χ1n) is 9.82. The van der Waals surface area contributed by atoms with E-state index in [1.165, 1.54) is 5.56 Å². The van der Waals surface area contributed by atoms with Gasteiger partial charge in [-0.2, -0.15) is 0 Å². The molecule has 0 atom stereocenters. The zero-order valence-electron chi connectivity index (χ0n) is 16.7. The van der Waals surface area contributed by atoms with Crippen LogP contribution in [0.5, 0.6) is 11.5 Å². The molecule has 0 unspecified atom stereocenters. The molecular formula is C22H29N3O3. The predicted molar refractivity (Wildman–Crippen MR) is 111 cm³/mol. The molecule has 2 amide bonds. The fourth-order valence-electron chi connectivity index (χ4n) is 3.32. The third-order valence-corrected chi connectivity index (χ3v) is 4.86. The van der Waals surface area contributed by atoms with Gasteiger partial charge in [0.25, 0.3) is 0 Å². The van der Waals surface area contributed by atoms with Crippen molar-refractivity contribution in [2.24, 2.45) is 0 Å². The molecule has 0 aliphatic carbocycles. The summed E-state index contributed by atoms with van der Waals surface area (Å²) < 4.78 is 10.7. The first-order valence-corrected chi connectivity index (χ1v) is 9.82. The van der Waals surface area contributed by atoms with E-state index >= 15 is 0 Å². The molecule has 0 saturated carbocycles. The largest absolute Gasteiger partial charge is 0.497 e. The van der Waals surface area contributed by atoms with E-state index in [1.54, 1.807) is 7.11 Å². The summed E-state index contributed by atoms with van der Waals surface area (Å²) in [5, 5.41) is 2.98. The number of methoxy groups -OCH3 is 1. The quantitative estimate of drug-likeness (QED) is 0.824. The molecule has 2 aromatic carbocycles. The molecule has 0 bridgehead atoms. The van der Waals surface area contributed by atoms with Crippen molar-refractivity contribution >= 4 is 11.7 Å². The molecule has 0 radical (unpaired) electrons. The van der Waals surface area contributed by atoms with Crippen LogP contribution in [0.4, 0.5) is 10.5 Å². The zero-order valence-corrected chi connectivity index (χ0v) is 16.7. The van der Waals surface area contributed by atoms with Crippen molar-refractivity contribution in [2.75, 3.05) is 45.2 Å². The Morgan fingerprint density at radius 2 is 1.68 bits per heavy atom. The first-order chi connectivity index (χ1) is 13.7. The van der Waals surface area contributed by atoms with E-state index < -0.39 is 0 Å². The van der Waals surface area contributed by atoms with Gasteiger partial charge in [-0.15, -0.1) is 0 Å². The van der Waals surface area contributed by atoms with E-state index in [-0.39, 0.29) is 6.03 Å². The number of rotatable bonds is 6. The molecule has 0 aromatic heterocycles. The Hall–Kier alpha value is -2.73. The summed E-state index contributed by atoms with van der Waals surface area (Å²) in [5.74, 6) is 1.68. The maximum Gasteiger partial charge on any atom is 0.321 e. The monoisotopic (exact) mass is 383 g/mol. The highest BCUT2D eigenvalue weighted by atomic mass is 16.5. The van der Waals surface area contributed by atoms with E-state index in [0.717, 1.165) is 56.3 Å². The van der Waals surface area contributed by atoms with E-state index in [2.05, 4.69) is 22.3 Å². The van der Waals surface area contributed by atoms with Crippen molar-refractivity contribution in [1.29, 1.82) is 0 Å². The minimum atomic E-state index is -0.0459. The average molecular weight is 383 g/mol. The van der Waals surface area contributed by atoms with Gasteiger partial charge in [-0.1, -0.05) is 12.1 Å². The van der Waals surface area contributed by atoms with Crippen LogP contribution in [0.15, 0.2) is 48.5 Å². The summed E-state index contributed by atoms with van der Waals surface area (Å²) in [6, 6.07) is 15.6. The molecule has 1 saturated heterocycles. The summed E-state index contributed by atoms with van der Waals surface area (Å²) in [7, 11) is 1.68. The van der Waals surface area contributed by atoms with E-state index in [1.807, 2.05) is 48.2 Å². The SMILES string of the molecule is CCOc1ccc(NC(=O)N2CCCN(Cc3ccc(OC)cc3)CC2)cc1. The molecule has 2 aromatic rings. The van der Waals surface area contributed by atoms with Crippen molar-refractivity contribution in [2.45, 2.75) is 19.9 Å². The van der Waals surface area contributed by atoms with E-state index in [9.17, 15) is 4.79 Å². The number of anilines is 1. The van der Waals surface area contributed by atoms with Crippen LogP contribution in [-0.2, 0) is 6.54 Å². The second-order valence-corrected chi connectivity index (χ2v) is 6.85. The van der Waals surface area contributed by atoms with Gasteiger partial charge in [0.15, 0.2) is 0 Å².